The third-order valence-electron chi connectivity index (χ3n) is 6.30. The molecule has 0 heterocycles. The Labute approximate surface area is 99.3 Å². The normalized spacial score (nSPS) is 59.1. The molecule has 0 N–H and O–H groups in total. The molecular weight excluding hydrogens is 225 g/mol. The molecule has 0 spiro atoms. The van der Waals surface area contributed by atoms with E-state index in [0.717, 1.165) is 12.8 Å². The van der Waals surface area contributed by atoms with Crippen LogP contribution in [-0.4, -0.2) is 6.18 Å². The van der Waals surface area contributed by atoms with Crippen LogP contribution < -0.4 is 0 Å². The topological polar surface area (TPSA) is 0 Å². The number of fused-ring (bicyclic) bond motifs is 9. The second-order valence-corrected chi connectivity index (χ2v) is 6.82. The van der Waals surface area contributed by atoms with Crippen LogP contribution >= 0.6 is 0 Å². The van der Waals surface area contributed by atoms with Gasteiger partial charge in [-0.15, -0.1) is 0 Å². The second kappa shape index (κ2) is 2.75. The smallest absolute Gasteiger partial charge is 0.171 e. The van der Waals surface area contributed by atoms with Gasteiger partial charge >= 0.3 is 6.18 Å². The highest BCUT2D eigenvalue weighted by atomic mass is 19.4. The maximum Gasteiger partial charge on any atom is 0.394 e. The fraction of sp³-hybridized carbons (Fsp3) is 0.857. The zero-order chi connectivity index (χ0) is 12.0. The minimum atomic E-state index is -4.01. The molecule has 0 aromatic carbocycles. The molecule has 3 fully saturated rings. The number of hydrogen-bond donors (Lipinski definition) is 0. The average molecular weight is 242 g/mol. The van der Waals surface area contributed by atoms with E-state index in [1.54, 1.807) is 0 Å². The van der Waals surface area contributed by atoms with E-state index in [0.29, 0.717) is 36.0 Å². The fourth-order valence-corrected chi connectivity index (χ4v) is 5.70. The Morgan fingerprint density at radius 1 is 1.06 bits per heavy atom. The first-order valence-corrected chi connectivity index (χ1v) is 6.67. The van der Waals surface area contributed by atoms with Crippen molar-refractivity contribution in [3.63, 3.8) is 0 Å². The Bertz CT molecular complexity index is 397. The van der Waals surface area contributed by atoms with Crippen LogP contribution in [0.1, 0.15) is 26.2 Å². The minimum Gasteiger partial charge on any atom is -0.171 e. The lowest BCUT2D eigenvalue weighted by Crippen LogP contribution is -2.46. The van der Waals surface area contributed by atoms with Gasteiger partial charge in [-0.2, -0.15) is 13.2 Å². The summed E-state index contributed by atoms with van der Waals surface area (Å²) in [6.07, 6.45) is 2.82. The number of hydrogen-bond acceptors (Lipinski definition) is 0. The molecule has 7 atom stereocenters. The predicted molar refractivity (Wildman–Crippen MR) is 58.1 cm³/mol. The molecule has 3 heteroatoms. The van der Waals surface area contributed by atoms with Crippen molar-refractivity contribution < 1.29 is 13.2 Å². The minimum absolute atomic E-state index is 0.0996. The van der Waals surface area contributed by atoms with Crippen LogP contribution in [0, 0.1) is 40.9 Å². The van der Waals surface area contributed by atoms with Gasteiger partial charge in [0.2, 0.25) is 0 Å². The summed E-state index contributed by atoms with van der Waals surface area (Å²) in [5, 5.41) is 0. The Hall–Kier alpha value is -0.470. The summed E-state index contributed by atoms with van der Waals surface area (Å²) in [7, 11) is 0. The molecule has 4 rings (SSSR count). The fourth-order valence-electron chi connectivity index (χ4n) is 5.70. The van der Waals surface area contributed by atoms with Gasteiger partial charge in [0.05, 0.1) is 5.41 Å². The van der Waals surface area contributed by atoms with Crippen molar-refractivity contribution in [2.75, 3.05) is 0 Å². The highest BCUT2D eigenvalue weighted by molar-refractivity contribution is 5.23. The van der Waals surface area contributed by atoms with Crippen LogP contribution in [0.4, 0.5) is 13.2 Å². The SMILES string of the molecule is CC1(C(F)(F)F)CC2CC1C1C3C=CC(C3)C21. The first-order valence-electron chi connectivity index (χ1n) is 6.67. The molecular formula is C14H17F3. The Morgan fingerprint density at radius 2 is 1.71 bits per heavy atom. The van der Waals surface area contributed by atoms with Crippen molar-refractivity contribution in [3.05, 3.63) is 12.2 Å². The van der Waals surface area contributed by atoms with E-state index >= 15 is 0 Å². The summed E-state index contributed by atoms with van der Waals surface area (Å²) in [6.45, 7) is 1.48. The Balaban J connectivity index is 1.74. The van der Waals surface area contributed by atoms with Crippen LogP contribution in [0.25, 0.3) is 0 Å². The molecule has 0 aromatic rings. The molecule has 0 amide bonds. The lowest BCUT2D eigenvalue weighted by atomic mass is 9.62. The zero-order valence-electron chi connectivity index (χ0n) is 9.87. The number of rotatable bonds is 0. The van der Waals surface area contributed by atoms with E-state index < -0.39 is 11.6 Å². The van der Waals surface area contributed by atoms with Gasteiger partial charge in [-0.25, -0.2) is 0 Å². The largest absolute Gasteiger partial charge is 0.394 e. The summed E-state index contributed by atoms with van der Waals surface area (Å²) >= 11 is 0. The molecule has 4 bridgehead atoms. The number of halogens is 3. The average Bonchev–Trinajstić information content (AvgIpc) is 2.91. The van der Waals surface area contributed by atoms with Gasteiger partial charge in [-0.3, -0.25) is 0 Å². The summed E-state index contributed by atoms with van der Waals surface area (Å²) < 4.78 is 39.9. The van der Waals surface area contributed by atoms with Crippen LogP contribution in [0.15, 0.2) is 12.2 Å². The van der Waals surface area contributed by atoms with Gasteiger partial charge in [0, 0.05) is 0 Å². The van der Waals surface area contributed by atoms with Crippen molar-refractivity contribution in [3.8, 4) is 0 Å². The van der Waals surface area contributed by atoms with Crippen molar-refractivity contribution >= 4 is 0 Å². The van der Waals surface area contributed by atoms with E-state index in [4.69, 9.17) is 0 Å². The van der Waals surface area contributed by atoms with E-state index in [1.165, 1.54) is 6.92 Å². The standard InChI is InChI=1S/C14H17F3/c1-13(14(15,16)17)6-9-5-10(13)12-8-3-2-7(4-8)11(9)12/h2-3,7-12H,4-6H2,1H3. The van der Waals surface area contributed by atoms with Gasteiger partial charge < -0.3 is 0 Å². The van der Waals surface area contributed by atoms with Crippen LogP contribution in [-0.2, 0) is 0 Å². The highest BCUT2D eigenvalue weighted by Crippen LogP contribution is 2.73. The maximum atomic E-state index is 13.3. The molecule has 0 saturated heterocycles. The summed E-state index contributed by atoms with van der Waals surface area (Å²) in [5.41, 5.74) is -1.39. The summed E-state index contributed by atoms with van der Waals surface area (Å²) in [4.78, 5) is 0. The molecule has 0 nitrogen and oxygen atoms in total. The van der Waals surface area contributed by atoms with E-state index in [2.05, 4.69) is 12.2 Å². The molecule has 0 aromatic heterocycles. The molecule has 4 aliphatic rings. The lowest BCUT2D eigenvalue weighted by molar-refractivity contribution is -0.243. The zero-order valence-corrected chi connectivity index (χ0v) is 9.87. The van der Waals surface area contributed by atoms with Gasteiger partial charge in [0.15, 0.2) is 0 Å². The molecule has 3 saturated carbocycles. The maximum absolute atomic E-state index is 13.3. The van der Waals surface area contributed by atoms with Gasteiger partial charge in [0.25, 0.3) is 0 Å². The Kier molecular flexibility index (Phi) is 1.69. The monoisotopic (exact) mass is 242 g/mol. The molecule has 94 valence electrons. The van der Waals surface area contributed by atoms with E-state index in [9.17, 15) is 13.2 Å². The molecule has 17 heavy (non-hydrogen) atoms. The van der Waals surface area contributed by atoms with Gasteiger partial charge in [-0.05, 0) is 54.8 Å². The highest BCUT2D eigenvalue weighted by Gasteiger charge is 2.71. The molecule has 0 aliphatic heterocycles. The first-order chi connectivity index (χ1) is 7.92. The van der Waals surface area contributed by atoms with Gasteiger partial charge in [0.1, 0.15) is 0 Å². The third-order valence-corrected chi connectivity index (χ3v) is 6.30. The van der Waals surface area contributed by atoms with E-state index in [-0.39, 0.29) is 5.92 Å². The number of alkyl halides is 3. The predicted octanol–water partition coefficient (Wildman–Crippen LogP) is 4.03. The Morgan fingerprint density at radius 3 is 2.35 bits per heavy atom. The lowest BCUT2D eigenvalue weighted by Gasteiger charge is -2.44. The summed E-state index contributed by atoms with van der Waals surface area (Å²) in [5.74, 6) is 2.24. The van der Waals surface area contributed by atoms with Crippen LogP contribution in [0.2, 0.25) is 0 Å². The van der Waals surface area contributed by atoms with Crippen molar-refractivity contribution in [2.24, 2.45) is 40.9 Å². The first kappa shape index (κ1) is 10.5. The van der Waals surface area contributed by atoms with Crippen LogP contribution in [0.5, 0.6) is 0 Å². The molecule has 7 unspecified atom stereocenters. The second-order valence-electron chi connectivity index (χ2n) is 6.82. The summed E-state index contributed by atoms with van der Waals surface area (Å²) in [6, 6.07) is 0. The number of allylic oxidation sites excluding steroid dienone is 2. The van der Waals surface area contributed by atoms with E-state index in [1.807, 2.05) is 0 Å². The quantitative estimate of drug-likeness (QED) is 0.444. The third kappa shape index (κ3) is 1.03. The van der Waals surface area contributed by atoms with Crippen molar-refractivity contribution in [1.29, 1.82) is 0 Å². The molecule has 4 aliphatic carbocycles. The van der Waals surface area contributed by atoms with Crippen LogP contribution in [0.3, 0.4) is 0 Å². The van der Waals surface area contributed by atoms with Crippen molar-refractivity contribution in [1.82, 2.24) is 0 Å². The van der Waals surface area contributed by atoms with Gasteiger partial charge in [-0.1, -0.05) is 19.1 Å². The van der Waals surface area contributed by atoms with Crippen molar-refractivity contribution in [2.45, 2.75) is 32.4 Å². The molecule has 0 radical (unpaired) electrons.